The first-order valence-corrected chi connectivity index (χ1v) is 11.6. The van der Waals surface area contributed by atoms with Gasteiger partial charge >= 0.3 is 17.9 Å². The van der Waals surface area contributed by atoms with Crippen molar-refractivity contribution >= 4 is 17.9 Å². The second kappa shape index (κ2) is 6.83. The van der Waals surface area contributed by atoms with E-state index in [4.69, 9.17) is 32.8 Å². The van der Waals surface area contributed by atoms with E-state index in [1.807, 2.05) is 26.8 Å². The monoisotopic (exact) mass is 476 g/mol. The lowest BCUT2D eigenvalue weighted by Crippen LogP contribution is -2.44. The predicted octanol–water partition coefficient (Wildman–Crippen LogP) is 2.22. The molecule has 1 aromatic rings. The van der Waals surface area contributed by atoms with E-state index in [9.17, 15) is 14.4 Å². The molecule has 0 aromatic carbocycles. The van der Waals surface area contributed by atoms with Gasteiger partial charge in [0, 0.05) is 26.2 Å². The number of hydrogen-bond donors (Lipinski definition) is 0. The van der Waals surface area contributed by atoms with Crippen LogP contribution in [0.25, 0.3) is 0 Å². The Morgan fingerprint density at radius 3 is 2.41 bits per heavy atom. The molecule has 3 unspecified atom stereocenters. The van der Waals surface area contributed by atoms with Crippen molar-refractivity contribution < 1.29 is 47.2 Å². The third-order valence-corrected chi connectivity index (χ3v) is 7.88. The maximum Gasteiger partial charge on any atom is 0.345 e. The van der Waals surface area contributed by atoms with Gasteiger partial charge in [0.2, 0.25) is 5.60 Å². The van der Waals surface area contributed by atoms with E-state index in [2.05, 4.69) is 0 Å². The topological polar surface area (TPSA) is 130 Å². The Hall–Kier alpha value is -2.43. The number of carbonyl (C=O) groups excluding carboxylic acids is 3. The molecule has 0 spiro atoms. The molecule has 4 bridgehead atoms. The molecular formula is C24H28O10. The lowest BCUT2D eigenvalue weighted by atomic mass is 9.79. The molecule has 0 amide bonds. The first kappa shape index (κ1) is 22.1. The first-order valence-electron chi connectivity index (χ1n) is 11.6. The van der Waals surface area contributed by atoms with Crippen LogP contribution in [0.3, 0.4) is 0 Å². The van der Waals surface area contributed by atoms with E-state index in [0.29, 0.717) is 24.5 Å². The third kappa shape index (κ3) is 3.15. The summed E-state index contributed by atoms with van der Waals surface area (Å²) in [5, 5.41) is 0. The van der Waals surface area contributed by atoms with Gasteiger partial charge in [0.25, 0.3) is 0 Å². The number of epoxide rings is 3. The Bertz CT molecular complexity index is 1090. The number of rotatable bonds is 3. The highest BCUT2D eigenvalue weighted by Gasteiger charge is 2.79. The van der Waals surface area contributed by atoms with Gasteiger partial charge in [-0.25, -0.2) is 4.79 Å². The zero-order chi connectivity index (χ0) is 24.2. The van der Waals surface area contributed by atoms with E-state index in [1.165, 1.54) is 13.8 Å². The normalized spacial score (nSPS) is 46.0. The number of aryl methyl sites for hydroxylation is 1. The Kier molecular flexibility index (Phi) is 4.43. The van der Waals surface area contributed by atoms with Crippen molar-refractivity contribution in [2.24, 2.45) is 5.92 Å². The molecule has 6 heterocycles. The molecule has 0 radical (unpaired) electrons. The number of ether oxygens (including phenoxy) is 6. The zero-order valence-corrected chi connectivity index (χ0v) is 19.7. The van der Waals surface area contributed by atoms with Gasteiger partial charge in [0.1, 0.15) is 41.5 Å². The maximum atomic E-state index is 13.1. The summed E-state index contributed by atoms with van der Waals surface area (Å²) in [6, 6.07) is 1.89. The van der Waals surface area contributed by atoms with Crippen LogP contribution in [0.1, 0.15) is 69.8 Å². The van der Waals surface area contributed by atoms with Crippen molar-refractivity contribution in [2.45, 2.75) is 94.8 Å². The van der Waals surface area contributed by atoms with Gasteiger partial charge in [-0.2, -0.15) is 0 Å². The molecule has 34 heavy (non-hydrogen) atoms. The minimum Gasteiger partial charge on any atom is -0.459 e. The largest absolute Gasteiger partial charge is 0.459 e. The molecule has 9 atom stereocenters. The van der Waals surface area contributed by atoms with Crippen molar-refractivity contribution in [3.63, 3.8) is 0 Å². The molecule has 1 aromatic heterocycles. The molecule has 184 valence electrons. The van der Waals surface area contributed by atoms with Crippen LogP contribution < -0.4 is 0 Å². The molecule has 5 aliphatic rings. The van der Waals surface area contributed by atoms with Crippen molar-refractivity contribution in [1.29, 1.82) is 0 Å². The number of carbonyl (C=O) groups is 3. The van der Waals surface area contributed by atoms with Crippen molar-refractivity contribution in [3.8, 4) is 0 Å². The number of hydrogen-bond acceptors (Lipinski definition) is 10. The maximum absolute atomic E-state index is 13.1. The molecule has 0 aliphatic carbocycles. The van der Waals surface area contributed by atoms with Gasteiger partial charge in [-0.1, -0.05) is 0 Å². The van der Waals surface area contributed by atoms with Crippen LogP contribution in [0.4, 0.5) is 0 Å². The second-order valence-corrected chi connectivity index (χ2v) is 10.6. The van der Waals surface area contributed by atoms with E-state index in [-0.39, 0.29) is 12.5 Å². The Labute approximate surface area is 196 Å². The van der Waals surface area contributed by atoms with Crippen LogP contribution in [0.5, 0.6) is 0 Å². The van der Waals surface area contributed by atoms with Gasteiger partial charge < -0.3 is 32.8 Å². The van der Waals surface area contributed by atoms with Crippen molar-refractivity contribution in [2.75, 3.05) is 6.61 Å². The molecule has 6 rings (SSSR count). The summed E-state index contributed by atoms with van der Waals surface area (Å²) in [4.78, 5) is 37.4. The van der Waals surface area contributed by atoms with Crippen molar-refractivity contribution in [1.82, 2.24) is 0 Å². The van der Waals surface area contributed by atoms with Crippen LogP contribution in [0.15, 0.2) is 10.5 Å². The van der Waals surface area contributed by atoms with E-state index in [0.717, 1.165) is 5.56 Å². The molecule has 4 fully saturated rings. The van der Waals surface area contributed by atoms with Crippen LogP contribution in [-0.4, -0.2) is 59.6 Å². The number of fused-ring (bicyclic) bond motifs is 4. The minimum absolute atomic E-state index is 0.152. The Morgan fingerprint density at radius 2 is 1.79 bits per heavy atom. The van der Waals surface area contributed by atoms with Gasteiger partial charge in [-0.15, -0.1) is 0 Å². The fourth-order valence-corrected chi connectivity index (χ4v) is 5.86. The van der Waals surface area contributed by atoms with E-state index in [1.54, 1.807) is 0 Å². The molecule has 0 N–H and O–H groups in total. The molecule has 4 saturated heterocycles. The SMILES string of the molecule is CC(=O)O[C@@H]1c2oc(cc2C)[C@@H]2O[C@@]2(C)C[C@H]2OC(=O)C3(O[C@H]23)[C@H](OC(C)=O)CC1C1(C)CO1. The first-order chi connectivity index (χ1) is 16.0. The molecule has 10 nitrogen and oxygen atoms in total. The standard InChI is InChI=1S/C24H28O10/c1-10-6-14-19-22(4,33-19)8-15-20-24(34-20,21(27)32-15)16(29-11(2)25)7-13(23(5)9-28-23)18(17(10)31-14)30-12(3)26/h6,13,15-16,18-20H,7-9H2,1-5H3/t13?,15-,16-,18+,19+,20-,22+,23?,24?/m1/s1. The van der Waals surface area contributed by atoms with E-state index < -0.39 is 65.0 Å². The molecule has 0 saturated carbocycles. The van der Waals surface area contributed by atoms with Crippen LogP contribution >= 0.6 is 0 Å². The summed E-state index contributed by atoms with van der Waals surface area (Å²) in [6.07, 6.45) is -2.64. The minimum atomic E-state index is -1.39. The van der Waals surface area contributed by atoms with Gasteiger partial charge in [-0.3, -0.25) is 9.59 Å². The second-order valence-electron chi connectivity index (χ2n) is 10.6. The predicted molar refractivity (Wildman–Crippen MR) is 110 cm³/mol. The van der Waals surface area contributed by atoms with Gasteiger partial charge in [0.05, 0.1) is 12.2 Å². The Morgan fingerprint density at radius 1 is 1.09 bits per heavy atom. The zero-order valence-electron chi connectivity index (χ0n) is 19.7. The van der Waals surface area contributed by atoms with Crippen LogP contribution in [0, 0.1) is 12.8 Å². The quantitative estimate of drug-likeness (QED) is 0.364. The van der Waals surface area contributed by atoms with Crippen molar-refractivity contribution in [3.05, 3.63) is 23.2 Å². The number of furan rings is 1. The fourth-order valence-electron chi connectivity index (χ4n) is 5.86. The average molecular weight is 476 g/mol. The van der Waals surface area contributed by atoms with Crippen LogP contribution in [0.2, 0.25) is 0 Å². The molecular weight excluding hydrogens is 448 g/mol. The number of esters is 3. The summed E-state index contributed by atoms with van der Waals surface area (Å²) < 4.78 is 41.2. The highest BCUT2D eigenvalue weighted by molar-refractivity contribution is 5.88. The molecule has 5 aliphatic heterocycles. The lowest BCUT2D eigenvalue weighted by molar-refractivity contribution is -0.169. The highest BCUT2D eigenvalue weighted by Crippen LogP contribution is 2.60. The van der Waals surface area contributed by atoms with Crippen LogP contribution in [-0.2, 0) is 42.8 Å². The lowest BCUT2D eigenvalue weighted by Gasteiger charge is -2.32. The smallest absolute Gasteiger partial charge is 0.345 e. The Balaban J connectivity index is 1.48. The van der Waals surface area contributed by atoms with Gasteiger partial charge in [-0.05, 0) is 38.8 Å². The summed E-state index contributed by atoms with van der Waals surface area (Å²) >= 11 is 0. The third-order valence-electron chi connectivity index (χ3n) is 7.88. The van der Waals surface area contributed by atoms with Gasteiger partial charge in [0.15, 0.2) is 6.10 Å². The van der Waals surface area contributed by atoms with E-state index >= 15 is 0 Å². The summed E-state index contributed by atoms with van der Waals surface area (Å²) in [5.74, 6) is -0.966. The fraction of sp³-hybridized carbons (Fsp3) is 0.708. The summed E-state index contributed by atoms with van der Waals surface area (Å²) in [7, 11) is 0. The summed E-state index contributed by atoms with van der Waals surface area (Å²) in [6.45, 7) is 8.75. The summed E-state index contributed by atoms with van der Waals surface area (Å²) in [5.41, 5.74) is -1.87. The molecule has 10 heteroatoms. The average Bonchev–Trinajstić information content (AvgIpc) is 3.67. The highest BCUT2D eigenvalue weighted by atomic mass is 16.7.